The van der Waals surface area contributed by atoms with Gasteiger partial charge in [0.1, 0.15) is 0 Å². The third-order valence-electron chi connectivity index (χ3n) is 3.06. The van der Waals surface area contributed by atoms with E-state index in [-0.39, 0.29) is 0 Å². The van der Waals surface area contributed by atoms with Crippen molar-refractivity contribution in [2.75, 3.05) is 47.4 Å². The molecule has 5 nitrogen and oxygen atoms in total. The molecule has 0 aliphatic heterocycles. The van der Waals surface area contributed by atoms with Crippen molar-refractivity contribution in [1.29, 1.82) is 0 Å². The number of ether oxygens (including phenoxy) is 1. The second-order valence-electron chi connectivity index (χ2n) is 4.78. The lowest BCUT2D eigenvalue weighted by Gasteiger charge is -2.17. The molecule has 0 atom stereocenters. The van der Waals surface area contributed by atoms with Gasteiger partial charge >= 0.3 is 0 Å². The van der Waals surface area contributed by atoms with Crippen LogP contribution in [0, 0.1) is 0 Å². The number of likely N-dealkylation sites (N-methyl/N-ethyl adjacent to an activating group) is 1. The molecule has 0 aliphatic rings. The van der Waals surface area contributed by atoms with E-state index >= 15 is 0 Å². The second kappa shape index (κ2) is 10.4. The molecule has 0 fully saturated rings. The predicted octanol–water partition coefficient (Wildman–Crippen LogP) is 1.58. The molecule has 1 aromatic carbocycles. The molecular formula is C15H25ClN4O. The number of aliphatic imine (C=N–C) groups is 1. The van der Waals surface area contributed by atoms with E-state index in [4.69, 9.17) is 16.3 Å². The van der Waals surface area contributed by atoms with Crippen LogP contribution in [0.1, 0.15) is 5.56 Å². The monoisotopic (exact) mass is 312 g/mol. The third kappa shape index (κ3) is 7.90. The highest BCUT2D eigenvalue weighted by Crippen LogP contribution is 2.08. The molecule has 21 heavy (non-hydrogen) atoms. The number of hydrogen-bond acceptors (Lipinski definition) is 3. The average Bonchev–Trinajstić information content (AvgIpc) is 2.50. The van der Waals surface area contributed by atoms with Crippen LogP contribution in [-0.2, 0) is 11.3 Å². The maximum Gasteiger partial charge on any atom is 0.191 e. The highest BCUT2D eigenvalue weighted by molar-refractivity contribution is 6.30. The van der Waals surface area contributed by atoms with Gasteiger partial charge in [0.2, 0.25) is 0 Å². The van der Waals surface area contributed by atoms with Gasteiger partial charge in [0.25, 0.3) is 0 Å². The van der Waals surface area contributed by atoms with Crippen molar-refractivity contribution in [2.45, 2.75) is 6.54 Å². The summed E-state index contributed by atoms with van der Waals surface area (Å²) in [7, 11) is 5.56. The lowest BCUT2D eigenvalue weighted by molar-refractivity contribution is 0.162. The van der Waals surface area contributed by atoms with E-state index in [1.807, 2.05) is 24.3 Å². The smallest absolute Gasteiger partial charge is 0.191 e. The molecule has 0 saturated heterocycles. The van der Waals surface area contributed by atoms with Gasteiger partial charge in [-0.05, 0) is 24.7 Å². The van der Waals surface area contributed by atoms with E-state index in [1.165, 1.54) is 5.56 Å². The van der Waals surface area contributed by atoms with Crippen LogP contribution in [-0.4, -0.2) is 58.3 Å². The van der Waals surface area contributed by atoms with Crippen molar-refractivity contribution in [1.82, 2.24) is 15.5 Å². The number of benzene rings is 1. The fourth-order valence-electron chi connectivity index (χ4n) is 1.73. The van der Waals surface area contributed by atoms with E-state index in [1.54, 1.807) is 14.2 Å². The summed E-state index contributed by atoms with van der Waals surface area (Å²) in [6.07, 6.45) is 0. The van der Waals surface area contributed by atoms with Gasteiger partial charge in [0.15, 0.2) is 5.96 Å². The summed E-state index contributed by atoms with van der Waals surface area (Å²) >= 11 is 5.87. The SMILES string of the molecule is CN=C(NCCN(C)CCOC)NCc1ccc(Cl)cc1. The molecule has 0 unspecified atom stereocenters. The Balaban J connectivity index is 2.24. The minimum atomic E-state index is 0.719. The van der Waals surface area contributed by atoms with E-state index in [2.05, 4.69) is 27.6 Å². The molecule has 1 rings (SSSR count). The van der Waals surface area contributed by atoms with Gasteiger partial charge in [0.05, 0.1) is 6.61 Å². The molecule has 6 heteroatoms. The highest BCUT2D eigenvalue weighted by Gasteiger charge is 2.00. The fraction of sp³-hybridized carbons (Fsp3) is 0.533. The van der Waals surface area contributed by atoms with Crippen LogP contribution in [0.5, 0.6) is 0 Å². The molecule has 0 radical (unpaired) electrons. The van der Waals surface area contributed by atoms with Crippen LogP contribution in [0.2, 0.25) is 5.02 Å². The third-order valence-corrected chi connectivity index (χ3v) is 3.31. The first-order valence-electron chi connectivity index (χ1n) is 7.02. The van der Waals surface area contributed by atoms with Crippen molar-refractivity contribution in [3.8, 4) is 0 Å². The number of halogens is 1. The molecule has 1 aromatic rings. The van der Waals surface area contributed by atoms with Crippen LogP contribution >= 0.6 is 11.6 Å². The number of nitrogens with zero attached hydrogens (tertiary/aromatic N) is 2. The van der Waals surface area contributed by atoms with Crippen molar-refractivity contribution < 1.29 is 4.74 Å². The Bertz CT molecular complexity index is 422. The Morgan fingerprint density at radius 1 is 1.24 bits per heavy atom. The number of rotatable bonds is 8. The highest BCUT2D eigenvalue weighted by atomic mass is 35.5. The summed E-state index contributed by atoms with van der Waals surface area (Å²) in [4.78, 5) is 6.42. The Labute approximate surface area is 132 Å². The zero-order valence-corrected chi connectivity index (χ0v) is 13.8. The van der Waals surface area contributed by atoms with Crippen LogP contribution in [0.3, 0.4) is 0 Å². The van der Waals surface area contributed by atoms with Gasteiger partial charge < -0.3 is 20.3 Å². The predicted molar refractivity (Wildman–Crippen MR) is 89.0 cm³/mol. The maximum atomic E-state index is 5.87. The van der Waals surface area contributed by atoms with Crippen LogP contribution < -0.4 is 10.6 Å². The molecule has 118 valence electrons. The van der Waals surface area contributed by atoms with Crippen molar-refractivity contribution in [3.63, 3.8) is 0 Å². The van der Waals surface area contributed by atoms with Gasteiger partial charge in [-0.1, -0.05) is 23.7 Å². The summed E-state index contributed by atoms with van der Waals surface area (Å²) in [5, 5.41) is 7.31. The lowest BCUT2D eigenvalue weighted by atomic mass is 10.2. The molecule has 0 spiro atoms. The Morgan fingerprint density at radius 3 is 2.57 bits per heavy atom. The number of methoxy groups -OCH3 is 1. The van der Waals surface area contributed by atoms with Crippen molar-refractivity contribution >= 4 is 17.6 Å². The van der Waals surface area contributed by atoms with E-state index < -0.39 is 0 Å². The van der Waals surface area contributed by atoms with Gasteiger partial charge in [0, 0.05) is 45.4 Å². The summed E-state index contributed by atoms with van der Waals surface area (Å²) in [6, 6.07) is 7.78. The summed E-state index contributed by atoms with van der Waals surface area (Å²) in [6.45, 7) is 4.16. The Kier molecular flexibility index (Phi) is 8.82. The molecule has 0 aliphatic carbocycles. The summed E-state index contributed by atoms with van der Waals surface area (Å²) < 4.78 is 5.05. The van der Waals surface area contributed by atoms with Crippen molar-refractivity contribution in [2.24, 2.45) is 4.99 Å². The van der Waals surface area contributed by atoms with Crippen molar-refractivity contribution in [3.05, 3.63) is 34.9 Å². The fourth-order valence-corrected chi connectivity index (χ4v) is 1.86. The molecule has 0 amide bonds. The van der Waals surface area contributed by atoms with Crippen LogP contribution in [0.4, 0.5) is 0 Å². The quantitative estimate of drug-likeness (QED) is 0.565. The van der Waals surface area contributed by atoms with Crippen LogP contribution in [0.25, 0.3) is 0 Å². The topological polar surface area (TPSA) is 48.9 Å². The van der Waals surface area contributed by atoms with Gasteiger partial charge in [-0.25, -0.2) is 0 Å². The average molecular weight is 313 g/mol. The molecule has 0 heterocycles. The summed E-state index contributed by atoms with van der Waals surface area (Å²) in [5.74, 6) is 0.796. The Morgan fingerprint density at radius 2 is 1.95 bits per heavy atom. The first-order valence-corrected chi connectivity index (χ1v) is 7.40. The lowest BCUT2D eigenvalue weighted by Crippen LogP contribution is -2.41. The largest absolute Gasteiger partial charge is 0.383 e. The molecule has 2 N–H and O–H groups in total. The van der Waals surface area contributed by atoms with Gasteiger partial charge in [-0.2, -0.15) is 0 Å². The standard InChI is InChI=1S/C15H25ClN4O/c1-17-15(18-8-9-20(2)10-11-21-3)19-12-13-4-6-14(16)7-5-13/h4-7H,8-12H2,1-3H3,(H2,17,18,19). The normalized spacial score (nSPS) is 11.8. The summed E-state index contributed by atoms with van der Waals surface area (Å²) in [5.41, 5.74) is 1.17. The van der Waals surface area contributed by atoms with E-state index in [0.29, 0.717) is 0 Å². The van der Waals surface area contributed by atoms with Gasteiger partial charge in [-0.3, -0.25) is 4.99 Å². The zero-order chi connectivity index (χ0) is 15.5. The molecule has 0 aromatic heterocycles. The molecular weight excluding hydrogens is 288 g/mol. The number of guanidine groups is 1. The molecule has 0 saturated carbocycles. The minimum absolute atomic E-state index is 0.719. The van der Waals surface area contributed by atoms with Crippen LogP contribution in [0.15, 0.2) is 29.3 Å². The van der Waals surface area contributed by atoms with E-state index in [9.17, 15) is 0 Å². The maximum absolute atomic E-state index is 5.87. The number of nitrogens with one attached hydrogen (secondary N) is 2. The number of hydrogen-bond donors (Lipinski definition) is 2. The zero-order valence-electron chi connectivity index (χ0n) is 13.0. The first kappa shape index (κ1) is 17.8. The van der Waals surface area contributed by atoms with E-state index in [0.717, 1.165) is 43.8 Å². The second-order valence-corrected chi connectivity index (χ2v) is 5.21. The molecule has 0 bridgehead atoms. The minimum Gasteiger partial charge on any atom is -0.383 e. The van der Waals surface area contributed by atoms with Gasteiger partial charge in [-0.15, -0.1) is 0 Å². The Hall–Kier alpha value is -1.30. The first-order chi connectivity index (χ1) is 10.2.